The van der Waals surface area contributed by atoms with Crippen LogP contribution in [0.1, 0.15) is 44.9 Å². The number of carbonyl (C=O) groups is 1. The third-order valence-corrected chi connectivity index (χ3v) is 8.44. The van der Waals surface area contributed by atoms with Gasteiger partial charge < -0.3 is 15.2 Å². The summed E-state index contributed by atoms with van der Waals surface area (Å²) >= 11 is 6.05. The monoisotopic (exact) mass is 527 g/mol. The van der Waals surface area contributed by atoms with Gasteiger partial charge in [0.25, 0.3) is 0 Å². The van der Waals surface area contributed by atoms with Crippen molar-refractivity contribution in [2.45, 2.75) is 81.1 Å². The van der Waals surface area contributed by atoms with Crippen LogP contribution in [-0.2, 0) is 9.53 Å². The number of allylic oxidation sites excluding steroid dienone is 6. The third-order valence-electron chi connectivity index (χ3n) is 8.12. The summed E-state index contributed by atoms with van der Waals surface area (Å²) in [6.07, 6.45) is 7.88. The third kappa shape index (κ3) is 5.91. The molecule has 0 aromatic rings. The van der Waals surface area contributed by atoms with Gasteiger partial charge in [-0.25, -0.2) is 0 Å². The van der Waals surface area contributed by atoms with Gasteiger partial charge in [-0.1, -0.05) is 35.9 Å². The van der Waals surface area contributed by atoms with E-state index in [1.807, 2.05) is 12.2 Å². The van der Waals surface area contributed by atoms with Crippen LogP contribution in [0.15, 0.2) is 46.6 Å². The molecular formula is C26H33ClF3N3O3. The zero-order valence-electron chi connectivity index (χ0n) is 20.1. The first kappa shape index (κ1) is 26.0. The Morgan fingerprint density at radius 3 is 2.61 bits per heavy atom. The van der Waals surface area contributed by atoms with Gasteiger partial charge in [0.1, 0.15) is 12.3 Å². The van der Waals surface area contributed by atoms with Crippen molar-refractivity contribution in [3.8, 4) is 0 Å². The van der Waals surface area contributed by atoms with Crippen LogP contribution in [0, 0.1) is 5.92 Å². The molecule has 0 aromatic carbocycles. The van der Waals surface area contributed by atoms with E-state index in [1.54, 1.807) is 6.08 Å². The summed E-state index contributed by atoms with van der Waals surface area (Å²) in [7, 11) is 0. The van der Waals surface area contributed by atoms with E-state index in [-0.39, 0.29) is 24.9 Å². The highest BCUT2D eigenvalue weighted by Crippen LogP contribution is 2.41. The van der Waals surface area contributed by atoms with Crippen LogP contribution in [0.2, 0.25) is 0 Å². The van der Waals surface area contributed by atoms with Crippen LogP contribution >= 0.6 is 11.6 Å². The SMILES string of the molecule is O=C(CNC1OC1C1=CC=CC(C(F)(F)F)C1)NC1CN(C2CCC(O)(C3=CC=C(Cl)CC3)CC2)C1. The molecule has 10 heteroatoms. The maximum atomic E-state index is 13.0. The second-order valence-corrected chi connectivity index (χ2v) is 11.1. The van der Waals surface area contributed by atoms with Crippen LogP contribution in [0.5, 0.6) is 0 Å². The normalized spacial score (nSPS) is 35.4. The van der Waals surface area contributed by atoms with Crippen molar-refractivity contribution in [2.75, 3.05) is 19.6 Å². The number of nitrogens with zero attached hydrogens (tertiary/aromatic N) is 1. The molecule has 1 amide bonds. The maximum absolute atomic E-state index is 13.0. The Hall–Kier alpha value is -1.65. The van der Waals surface area contributed by atoms with Crippen molar-refractivity contribution in [2.24, 2.45) is 5.92 Å². The van der Waals surface area contributed by atoms with Gasteiger partial charge in [0, 0.05) is 24.2 Å². The average molecular weight is 528 g/mol. The van der Waals surface area contributed by atoms with Gasteiger partial charge in [0.05, 0.1) is 24.1 Å². The summed E-state index contributed by atoms with van der Waals surface area (Å²) in [5, 5.41) is 17.9. The number of epoxide rings is 1. The quantitative estimate of drug-likeness (QED) is 0.440. The smallest absolute Gasteiger partial charge is 0.386 e. The summed E-state index contributed by atoms with van der Waals surface area (Å²) < 4.78 is 44.4. The Kier molecular flexibility index (Phi) is 7.40. The van der Waals surface area contributed by atoms with Crippen molar-refractivity contribution < 1.29 is 27.8 Å². The summed E-state index contributed by atoms with van der Waals surface area (Å²) in [5.41, 5.74) is 0.964. The number of rotatable bonds is 7. The van der Waals surface area contributed by atoms with E-state index < -0.39 is 30.0 Å². The molecule has 3 fully saturated rings. The van der Waals surface area contributed by atoms with Crippen LogP contribution in [0.4, 0.5) is 13.2 Å². The fourth-order valence-corrected chi connectivity index (χ4v) is 5.99. The Bertz CT molecular complexity index is 979. The highest BCUT2D eigenvalue weighted by atomic mass is 35.5. The number of amides is 1. The van der Waals surface area contributed by atoms with Crippen molar-refractivity contribution >= 4 is 17.5 Å². The first-order chi connectivity index (χ1) is 17.1. The van der Waals surface area contributed by atoms with Gasteiger partial charge in [-0.3, -0.25) is 15.0 Å². The van der Waals surface area contributed by atoms with E-state index in [4.69, 9.17) is 16.3 Å². The van der Waals surface area contributed by atoms with Gasteiger partial charge in [0.2, 0.25) is 5.91 Å². The Morgan fingerprint density at radius 2 is 1.94 bits per heavy atom. The first-order valence-electron chi connectivity index (χ1n) is 12.7. The predicted molar refractivity (Wildman–Crippen MR) is 130 cm³/mol. The number of nitrogens with one attached hydrogen (secondary N) is 2. The summed E-state index contributed by atoms with van der Waals surface area (Å²) in [5.74, 6) is -1.63. The number of likely N-dealkylation sites (tertiary alicyclic amines) is 1. The molecule has 3 unspecified atom stereocenters. The molecule has 3 aliphatic carbocycles. The Balaban J connectivity index is 0.979. The molecule has 2 heterocycles. The minimum Gasteiger partial charge on any atom is -0.386 e. The van der Waals surface area contributed by atoms with Gasteiger partial charge in [-0.2, -0.15) is 13.2 Å². The minimum absolute atomic E-state index is 0.0630. The van der Waals surface area contributed by atoms with Crippen LogP contribution < -0.4 is 10.6 Å². The number of hydrogen-bond donors (Lipinski definition) is 3. The zero-order chi connectivity index (χ0) is 25.5. The van der Waals surface area contributed by atoms with Gasteiger partial charge in [-0.05, 0) is 62.2 Å². The summed E-state index contributed by atoms with van der Waals surface area (Å²) in [6.45, 7) is 1.64. The standard InChI is InChI=1S/C26H33ClF3N3O3/c27-19-6-4-17(5-7-19)25(35)10-8-21(9-11-25)33-14-20(15-33)32-22(34)13-31-24-23(36-24)16-2-1-3-18(12-16)26(28,29)30/h1-4,6,18,20-21,23-24,31,35H,5,7-15H2,(H,32,34). The van der Waals surface area contributed by atoms with E-state index >= 15 is 0 Å². The number of alkyl halides is 3. The molecule has 0 radical (unpaired) electrons. The number of hydrogen-bond acceptors (Lipinski definition) is 5. The van der Waals surface area contributed by atoms with E-state index in [0.717, 1.165) is 62.2 Å². The molecule has 0 aromatic heterocycles. The Morgan fingerprint density at radius 1 is 1.19 bits per heavy atom. The second kappa shape index (κ2) is 10.3. The molecule has 5 aliphatic rings. The highest BCUT2D eigenvalue weighted by Gasteiger charge is 2.46. The molecule has 3 N–H and O–H groups in total. The van der Waals surface area contributed by atoms with E-state index in [1.165, 1.54) is 12.2 Å². The van der Waals surface area contributed by atoms with E-state index in [2.05, 4.69) is 15.5 Å². The number of aliphatic hydroxyl groups is 1. The minimum atomic E-state index is -4.26. The lowest BCUT2D eigenvalue weighted by Crippen LogP contribution is -2.63. The van der Waals surface area contributed by atoms with Crippen LogP contribution in [0.25, 0.3) is 0 Å². The molecule has 198 valence electrons. The molecule has 36 heavy (non-hydrogen) atoms. The van der Waals surface area contributed by atoms with Crippen LogP contribution in [-0.4, -0.2) is 71.7 Å². The van der Waals surface area contributed by atoms with E-state index in [9.17, 15) is 23.1 Å². The maximum Gasteiger partial charge on any atom is 0.395 e. The zero-order valence-corrected chi connectivity index (χ0v) is 20.8. The molecule has 2 saturated heterocycles. The average Bonchev–Trinajstić information content (AvgIpc) is 3.60. The molecule has 1 saturated carbocycles. The molecule has 0 spiro atoms. The second-order valence-electron chi connectivity index (χ2n) is 10.6. The first-order valence-corrected chi connectivity index (χ1v) is 13.1. The molecule has 5 rings (SSSR count). The number of halogens is 4. The number of carbonyl (C=O) groups excluding carboxylic acids is 1. The Labute approximate surface area is 214 Å². The van der Waals surface area contributed by atoms with Crippen molar-refractivity contribution in [3.05, 3.63) is 46.6 Å². The van der Waals surface area contributed by atoms with Crippen molar-refractivity contribution in [1.82, 2.24) is 15.5 Å². The molecule has 2 aliphatic heterocycles. The molecular weight excluding hydrogens is 495 g/mol. The lowest BCUT2D eigenvalue weighted by atomic mass is 9.74. The fourth-order valence-electron chi connectivity index (χ4n) is 5.83. The van der Waals surface area contributed by atoms with Crippen LogP contribution in [0.3, 0.4) is 0 Å². The number of ether oxygens (including phenoxy) is 1. The lowest BCUT2D eigenvalue weighted by Gasteiger charge is -2.48. The van der Waals surface area contributed by atoms with E-state index in [0.29, 0.717) is 11.6 Å². The topological polar surface area (TPSA) is 77.1 Å². The lowest BCUT2D eigenvalue weighted by molar-refractivity contribution is -0.161. The van der Waals surface area contributed by atoms with Crippen molar-refractivity contribution in [3.63, 3.8) is 0 Å². The summed E-state index contributed by atoms with van der Waals surface area (Å²) in [6, 6.07) is 0.502. The molecule has 6 nitrogen and oxygen atoms in total. The van der Waals surface area contributed by atoms with Gasteiger partial charge >= 0.3 is 6.18 Å². The van der Waals surface area contributed by atoms with Crippen molar-refractivity contribution in [1.29, 1.82) is 0 Å². The summed E-state index contributed by atoms with van der Waals surface area (Å²) in [4.78, 5) is 14.7. The largest absolute Gasteiger partial charge is 0.395 e. The predicted octanol–water partition coefficient (Wildman–Crippen LogP) is 3.68. The molecule has 0 bridgehead atoms. The highest BCUT2D eigenvalue weighted by molar-refractivity contribution is 6.29. The van der Waals surface area contributed by atoms with Gasteiger partial charge in [-0.15, -0.1) is 0 Å². The fraction of sp³-hybridized carbons (Fsp3) is 0.654. The van der Waals surface area contributed by atoms with Gasteiger partial charge in [0.15, 0.2) is 0 Å². The molecule has 3 atom stereocenters.